The van der Waals surface area contributed by atoms with E-state index in [0.29, 0.717) is 31.4 Å². The molecule has 1 aliphatic carbocycles. The number of benzene rings is 2. The molecule has 4 rings (SSSR count). The van der Waals surface area contributed by atoms with Crippen LogP contribution in [0.15, 0.2) is 53.3 Å². The molecule has 35 heavy (non-hydrogen) atoms. The molecular weight excluding hydrogens is 447 g/mol. The molecular formula is C27H31FN4O3. The summed E-state index contributed by atoms with van der Waals surface area (Å²) in [7, 11) is 1.70. The smallest absolute Gasteiger partial charge is 0.267 e. The van der Waals surface area contributed by atoms with Gasteiger partial charge in [-0.1, -0.05) is 24.3 Å². The van der Waals surface area contributed by atoms with Crippen molar-refractivity contribution in [2.45, 2.75) is 51.4 Å². The van der Waals surface area contributed by atoms with Crippen LogP contribution in [0.3, 0.4) is 0 Å². The molecule has 1 aliphatic rings. The van der Waals surface area contributed by atoms with Crippen LogP contribution in [0.25, 0.3) is 0 Å². The number of aromatic nitrogens is 2. The van der Waals surface area contributed by atoms with Crippen LogP contribution in [0.1, 0.15) is 54.5 Å². The fraction of sp³-hybridized carbons (Fsp3) is 0.333. The Morgan fingerprint density at radius 1 is 1.11 bits per heavy atom. The Hall–Kier alpha value is -3.81. The fourth-order valence-corrected chi connectivity index (χ4v) is 4.03. The van der Waals surface area contributed by atoms with Crippen molar-refractivity contribution in [3.8, 4) is 0 Å². The number of carbonyl (C=O) groups excluding carboxylic acids is 2. The monoisotopic (exact) mass is 478 g/mol. The number of hydrogen-bond acceptors (Lipinski definition) is 5. The second kappa shape index (κ2) is 13.2. The van der Waals surface area contributed by atoms with Crippen molar-refractivity contribution >= 4 is 23.6 Å². The lowest BCUT2D eigenvalue weighted by atomic mass is 9.90. The summed E-state index contributed by atoms with van der Waals surface area (Å²) in [5, 5.41) is 12.4. The molecule has 0 radical (unpaired) electrons. The molecule has 3 aromatic rings. The third kappa shape index (κ3) is 7.60. The van der Waals surface area contributed by atoms with Crippen LogP contribution in [0.2, 0.25) is 0 Å². The Labute approximate surface area is 204 Å². The molecule has 1 heterocycles. The van der Waals surface area contributed by atoms with Crippen molar-refractivity contribution in [2.24, 2.45) is 0 Å². The van der Waals surface area contributed by atoms with Crippen LogP contribution in [-0.2, 0) is 28.9 Å². The highest BCUT2D eigenvalue weighted by Crippen LogP contribution is 2.23. The standard InChI is InChI=1S/C16H18FN3O.C11H13NO2/c1-18-15-9-10(6-7-13(15)17)8-14-11-4-2-3-5-12(11)16(21)20-19-14;13-9-5-4-8-11(14)12-10-6-2-1-3-7-10/h6-7,9,18H,2-5,8H2,1H3,(H,20,21);1-3,6-7,9H,4-5,8H2,(H,12,14). The second-order valence-corrected chi connectivity index (χ2v) is 8.38. The molecule has 8 heteroatoms. The van der Waals surface area contributed by atoms with Gasteiger partial charge < -0.3 is 15.4 Å². The van der Waals surface area contributed by atoms with Gasteiger partial charge in [0.2, 0.25) is 5.91 Å². The first-order valence-corrected chi connectivity index (χ1v) is 11.9. The lowest BCUT2D eigenvalue weighted by molar-refractivity contribution is -0.116. The zero-order chi connectivity index (χ0) is 25.0. The van der Waals surface area contributed by atoms with E-state index in [4.69, 9.17) is 0 Å². The Bertz CT molecular complexity index is 1190. The Morgan fingerprint density at radius 3 is 2.57 bits per heavy atom. The maximum absolute atomic E-state index is 13.5. The summed E-state index contributed by atoms with van der Waals surface area (Å²) < 4.78 is 13.5. The SMILES string of the molecule is CNc1cc(Cc2n[nH]c(=O)c3c2CCCC3)ccc1F.O=CCCCC(=O)Nc1ccccc1. The fourth-order valence-electron chi connectivity index (χ4n) is 4.03. The zero-order valence-corrected chi connectivity index (χ0v) is 19.9. The Balaban J connectivity index is 0.000000214. The number of aldehydes is 1. The average Bonchev–Trinajstić information content (AvgIpc) is 2.88. The number of amides is 1. The van der Waals surface area contributed by atoms with E-state index in [1.165, 1.54) is 6.07 Å². The minimum Gasteiger partial charge on any atom is -0.386 e. The Kier molecular flexibility index (Phi) is 9.71. The van der Waals surface area contributed by atoms with E-state index >= 15 is 0 Å². The first-order chi connectivity index (χ1) is 17.0. The normalized spacial score (nSPS) is 12.1. The second-order valence-electron chi connectivity index (χ2n) is 8.38. The van der Waals surface area contributed by atoms with Crippen molar-refractivity contribution < 1.29 is 14.0 Å². The number of fused-ring (bicyclic) bond motifs is 1. The average molecular weight is 479 g/mol. The summed E-state index contributed by atoms with van der Waals surface area (Å²) in [5.74, 6) is -0.309. The summed E-state index contributed by atoms with van der Waals surface area (Å²) in [6.45, 7) is 0. The minimum atomic E-state index is -0.266. The third-order valence-electron chi connectivity index (χ3n) is 5.84. The van der Waals surface area contributed by atoms with Gasteiger partial charge in [0.25, 0.3) is 5.56 Å². The molecule has 0 saturated carbocycles. The summed E-state index contributed by atoms with van der Waals surface area (Å²) in [6, 6.07) is 14.3. The maximum Gasteiger partial charge on any atom is 0.267 e. The number of para-hydroxylation sites is 1. The van der Waals surface area contributed by atoms with E-state index in [0.717, 1.165) is 60.0 Å². The number of H-pyrrole nitrogens is 1. The van der Waals surface area contributed by atoms with Gasteiger partial charge in [0.1, 0.15) is 12.1 Å². The summed E-state index contributed by atoms with van der Waals surface area (Å²) >= 11 is 0. The summed E-state index contributed by atoms with van der Waals surface area (Å²) in [4.78, 5) is 33.1. The lowest BCUT2D eigenvalue weighted by Gasteiger charge is -2.17. The number of unbranched alkanes of at least 4 members (excludes halogenated alkanes) is 1. The number of nitrogens with one attached hydrogen (secondary N) is 3. The van der Waals surface area contributed by atoms with E-state index in [-0.39, 0.29) is 17.3 Å². The number of hydrogen-bond donors (Lipinski definition) is 3. The van der Waals surface area contributed by atoms with E-state index in [9.17, 15) is 18.8 Å². The molecule has 184 valence electrons. The molecule has 2 aromatic carbocycles. The molecule has 0 bridgehead atoms. The molecule has 0 aliphatic heterocycles. The van der Waals surface area contributed by atoms with Gasteiger partial charge in [-0.25, -0.2) is 9.49 Å². The summed E-state index contributed by atoms with van der Waals surface area (Å²) in [6.07, 6.45) is 6.77. The summed E-state index contributed by atoms with van der Waals surface area (Å²) in [5.41, 5.74) is 5.05. The van der Waals surface area contributed by atoms with E-state index < -0.39 is 0 Å². The van der Waals surface area contributed by atoms with Gasteiger partial charge in [0.05, 0.1) is 11.4 Å². The number of rotatable bonds is 8. The molecule has 1 amide bonds. The predicted molar refractivity (Wildman–Crippen MR) is 135 cm³/mol. The number of aromatic amines is 1. The molecule has 0 fully saturated rings. The van der Waals surface area contributed by atoms with Crippen LogP contribution in [0.5, 0.6) is 0 Å². The van der Waals surface area contributed by atoms with Crippen LogP contribution >= 0.6 is 0 Å². The number of nitrogens with zero attached hydrogens (tertiary/aromatic N) is 1. The number of anilines is 2. The zero-order valence-electron chi connectivity index (χ0n) is 19.9. The van der Waals surface area contributed by atoms with Gasteiger partial charge in [-0.05, 0) is 67.5 Å². The third-order valence-corrected chi connectivity index (χ3v) is 5.84. The van der Waals surface area contributed by atoms with E-state index in [1.807, 2.05) is 30.3 Å². The van der Waals surface area contributed by atoms with Crippen LogP contribution in [0.4, 0.5) is 15.8 Å². The molecule has 3 N–H and O–H groups in total. The first kappa shape index (κ1) is 25.8. The molecule has 0 atom stereocenters. The highest BCUT2D eigenvalue weighted by Gasteiger charge is 2.18. The molecule has 0 saturated heterocycles. The van der Waals surface area contributed by atoms with Gasteiger partial charge in [-0.15, -0.1) is 0 Å². The Morgan fingerprint density at radius 2 is 1.86 bits per heavy atom. The highest BCUT2D eigenvalue weighted by molar-refractivity contribution is 5.90. The van der Waals surface area contributed by atoms with Crippen molar-refractivity contribution in [1.82, 2.24) is 10.2 Å². The highest BCUT2D eigenvalue weighted by atomic mass is 19.1. The van der Waals surface area contributed by atoms with E-state index in [2.05, 4.69) is 20.8 Å². The van der Waals surface area contributed by atoms with Crippen LogP contribution in [-0.4, -0.2) is 29.4 Å². The van der Waals surface area contributed by atoms with Crippen LogP contribution < -0.4 is 16.2 Å². The van der Waals surface area contributed by atoms with Crippen molar-refractivity contribution in [1.29, 1.82) is 0 Å². The largest absolute Gasteiger partial charge is 0.386 e. The molecule has 0 spiro atoms. The quantitative estimate of drug-likeness (QED) is 0.329. The van der Waals surface area contributed by atoms with Crippen molar-refractivity contribution in [2.75, 3.05) is 17.7 Å². The minimum absolute atomic E-state index is 0.0435. The lowest BCUT2D eigenvalue weighted by Crippen LogP contribution is -2.23. The van der Waals surface area contributed by atoms with Gasteiger partial charge in [0.15, 0.2) is 0 Å². The van der Waals surface area contributed by atoms with Crippen molar-refractivity contribution in [3.63, 3.8) is 0 Å². The van der Waals surface area contributed by atoms with Gasteiger partial charge in [0, 0.05) is 37.6 Å². The molecule has 1 aromatic heterocycles. The topological polar surface area (TPSA) is 104 Å². The van der Waals surface area contributed by atoms with Gasteiger partial charge in [-0.3, -0.25) is 9.59 Å². The maximum atomic E-state index is 13.5. The van der Waals surface area contributed by atoms with Crippen LogP contribution in [0, 0.1) is 5.82 Å². The van der Waals surface area contributed by atoms with E-state index in [1.54, 1.807) is 19.2 Å². The number of halogens is 1. The molecule has 7 nitrogen and oxygen atoms in total. The first-order valence-electron chi connectivity index (χ1n) is 11.9. The molecule has 0 unspecified atom stereocenters. The predicted octanol–water partition coefficient (Wildman–Crippen LogP) is 4.41. The van der Waals surface area contributed by atoms with Crippen molar-refractivity contribution in [3.05, 3.63) is 87.1 Å². The number of carbonyl (C=O) groups is 2. The van der Waals surface area contributed by atoms with Gasteiger partial charge >= 0.3 is 0 Å². The van der Waals surface area contributed by atoms with Gasteiger partial charge in [-0.2, -0.15) is 5.10 Å².